The first-order chi connectivity index (χ1) is 4.86. The van der Waals surface area contributed by atoms with Crippen molar-refractivity contribution in [1.82, 2.24) is 14.6 Å². The molecule has 0 bridgehead atoms. The molecular weight excluding hydrogens is 128 g/mol. The van der Waals surface area contributed by atoms with Crippen LogP contribution in [0.4, 0.5) is 5.95 Å². The molecule has 0 aromatic carbocycles. The summed E-state index contributed by atoms with van der Waals surface area (Å²) in [5, 5.41) is 3.92. The molecule has 0 aliphatic rings. The fourth-order valence-corrected chi connectivity index (χ4v) is 0.847. The molecule has 50 valence electrons. The zero-order valence-corrected chi connectivity index (χ0v) is 5.23. The number of nitrogens with two attached hydrogens (primary N) is 1. The van der Waals surface area contributed by atoms with Crippen LogP contribution in [0, 0.1) is 0 Å². The van der Waals surface area contributed by atoms with E-state index in [2.05, 4.69) is 10.1 Å². The number of hydrogen-bond acceptors (Lipinski definition) is 3. The molecule has 10 heavy (non-hydrogen) atoms. The molecule has 0 amide bonds. The van der Waals surface area contributed by atoms with Gasteiger partial charge in [0.1, 0.15) is 0 Å². The van der Waals surface area contributed by atoms with Gasteiger partial charge in [-0.3, -0.25) is 0 Å². The monoisotopic (exact) mass is 134 g/mol. The summed E-state index contributed by atoms with van der Waals surface area (Å²) in [6.45, 7) is 0. The van der Waals surface area contributed by atoms with Gasteiger partial charge in [-0.25, -0.2) is 9.50 Å². The van der Waals surface area contributed by atoms with E-state index in [1.54, 1.807) is 10.7 Å². The Balaban J connectivity index is 2.86. The zero-order chi connectivity index (χ0) is 6.97. The first-order valence-electron chi connectivity index (χ1n) is 2.92. The Morgan fingerprint density at radius 1 is 1.50 bits per heavy atom. The van der Waals surface area contributed by atoms with Crippen LogP contribution in [-0.2, 0) is 0 Å². The van der Waals surface area contributed by atoms with Crippen LogP contribution in [0.2, 0.25) is 0 Å². The van der Waals surface area contributed by atoms with Gasteiger partial charge < -0.3 is 5.73 Å². The average molecular weight is 134 g/mol. The average Bonchev–Trinajstić information content (AvgIpc) is 2.33. The van der Waals surface area contributed by atoms with Gasteiger partial charge in [0.05, 0.1) is 11.7 Å². The first kappa shape index (κ1) is 5.22. The van der Waals surface area contributed by atoms with Crippen molar-refractivity contribution in [3.63, 3.8) is 0 Å². The van der Waals surface area contributed by atoms with E-state index < -0.39 is 0 Å². The lowest BCUT2D eigenvalue weighted by molar-refractivity contribution is 0.917. The summed E-state index contributed by atoms with van der Waals surface area (Å²) in [6, 6.07) is 3.81. The van der Waals surface area contributed by atoms with Crippen molar-refractivity contribution in [1.29, 1.82) is 0 Å². The molecule has 0 aliphatic carbocycles. The third kappa shape index (κ3) is 0.621. The zero-order valence-electron chi connectivity index (χ0n) is 5.23. The Bertz CT molecular complexity index is 351. The van der Waals surface area contributed by atoms with Crippen LogP contribution in [0.1, 0.15) is 0 Å². The van der Waals surface area contributed by atoms with E-state index in [9.17, 15) is 0 Å². The fourth-order valence-electron chi connectivity index (χ4n) is 0.847. The van der Waals surface area contributed by atoms with Crippen molar-refractivity contribution in [2.75, 3.05) is 5.73 Å². The molecule has 2 heterocycles. The standard InChI is InChI=1S/C6H6N4/c7-6-8-4-5-2-1-3-10(5)9-6/h1-4H,(H2,7,9). The highest BCUT2D eigenvalue weighted by Gasteiger charge is 1.91. The van der Waals surface area contributed by atoms with Crippen molar-refractivity contribution in [3.05, 3.63) is 24.5 Å². The molecule has 0 spiro atoms. The molecule has 2 aromatic heterocycles. The molecule has 0 saturated heterocycles. The van der Waals surface area contributed by atoms with Gasteiger partial charge in [0.2, 0.25) is 5.95 Å². The molecule has 2 aromatic rings. The maximum Gasteiger partial charge on any atom is 0.238 e. The number of nitrogen functional groups attached to an aromatic ring is 1. The normalized spacial score (nSPS) is 10.4. The van der Waals surface area contributed by atoms with E-state index in [1.165, 1.54) is 0 Å². The molecule has 4 heteroatoms. The predicted octanol–water partition coefficient (Wildman–Crippen LogP) is 0.311. The molecule has 2 rings (SSSR count). The summed E-state index contributed by atoms with van der Waals surface area (Å²) in [7, 11) is 0. The van der Waals surface area contributed by atoms with Crippen LogP contribution in [0.3, 0.4) is 0 Å². The van der Waals surface area contributed by atoms with E-state index in [4.69, 9.17) is 5.73 Å². The van der Waals surface area contributed by atoms with Crippen molar-refractivity contribution < 1.29 is 0 Å². The van der Waals surface area contributed by atoms with Gasteiger partial charge in [-0.05, 0) is 12.1 Å². The highest BCUT2D eigenvalue weighted by Crippen LogP contribution is 2.00. The van der Waals surface area contributed by atoms with E-state index >= 15 is 0 Å². The number of fused-ring (bicyclic) bond motifs is 1. The summed E-state index contributed by atoms with van der Waals surface area (Å²) in [6.07, 6.45) is 3.51. The number of hydrogen-bond donors (Lipinski definition) is 1. The molecule has 0 radical (unpaired) electrons. The van der Waals surface area contributed by atoms with E-state index in [-0.39, 0.29) is 0 Å². The Hall–Kier alpha value is -1.58. The first-order valence-corrected chi connectivity index (χ1v) is 2.92. The molecule has 0 atom stereocenters. The van der Waals surface area contributed by atoms with Crippen LogP contribution in [0.5, 0.6) is 0 Å². The van der Waals surface area contributed by atoms with Gasteiger partial charge in [0, 0.05) is 6.20 Å². The maximum absolute atomic E-state index is 5.34. The van der Waals surface area contributed by atoms with Crippen molar-refractivity contribution in [2.45, 2.75) is 0 Å². The number of aromatic nitrogens is 3. The number of rotatable bonds is 0. The van der Waals surface area contributed by atoms with E-state index in [1.807, 2.05) is 18.3 Å². The van der Waals surface area contributed by atoms with Gasteiger partial charge in [0.15, 0.2) is 0 Å². The highest BCUT2D eigenvalue weighted by atomic mass is 15.3. The van der Waals surface area contributed by atoms with E-state index in [0.29, 0.717) is 5.95 Å². The minimum Gasteiger partial charge on any atom is -0.367 e. The van der Waals surface area contributed by atoms with Crippen molar-refractivity contribution in [2.24, 2.45) is 0 Å². The molecule has 4 nitrogen and oxygen atoms in total. The van der Waals surface area contributed by atoms with Crippen LogP contribution in [0.25, 0.3) is 5.52 Å². The van der Waals surface area contributed by atoms with Crippen molar-refractivity contribution in [3.8, 4) is 0 Å². The Labute approximate surface area is 57.3 Å². The third-order valence-corrected chi connectivity index (χ3v) is 1.30. The summed E-state index contributed by atoms with van der Waals surface area (Å²) < 4.78 is 1.68. The smallest absolute Gasteiger partial charge is 0.238 e. The van der Waals surface area contributed by atoms with Gasteiger partial charge in [0.25, 0.3) is 0 Å². The molecule has 0 fully saturated rings. The van der Waals surface area contributed by atoms with E-state index in [0.717, 1.165) is 5.52 Å². The molecule has 0 aliphatic heterocycles. The summed E-state index contributed by atoms with van der Waals surface area (Å²) in [4.78, 5) is 3.83. The van der Waals surface area contributed by atoms with Crippen LogP contribution >= 0.6 is 0 Å². The number of nitrogens with zero attached hydrogens (tertiary/aromatic N) is 3. The fraction of sp³-hybridized carbons (Fsp3) is 0. The highest BCUT2D eigenvalue weighted by molar-refractivity contribution is 5.44. The maximum atomic E-state index is 5.34. The quantitative estimate of drug-likeness (QED) is 0.564. The Kier molecular flexibility index (Phi) is 0.887. The van der Waals surface area contributed by atoms with Gasteiger partial charge >= 0.3 is 0 Å². The van der Waals surface area contributed by atoms with Gasteiger partial charge in [-0.15, -0.1) is 5.10 Å². The topological polar surface area (TPSA) is 56.2 Å². The van der Waals surface area contributed by atoms with Crippen LogP contribution in [-0.4, -0.2) is 14.6 Å². The van der Waals surface area contributed by atoms with Crippen LogP contribution < -0.4 is 5.73 Å². The second-order valence-corrected chi connectivity index (χ2v) is 1.99. The van der Waals surface area contributed by atoms with Gasteiger partial charge in [-0.2, -0.15) is 0 Å². The second-order valence-electron chi connectivity index (χ2n) is 1.99. The third-order valence-electron chi connectivity index (χ3n) is 1.30. The lowest BCUT2D eigenvalue weighted by Gasteiger charge is -1.92. The molecule has 0 unspecified atom stereocenters. The SMILES string of the molecule is Nc1ncc2cccn2n1. The summed E-state index contributed by atoms with van der Waals surface area (Å²) in [5.74, 6) is 0.295. The summed E-state index contributed by atoms with van der Waals surface area (Å²) >= 11 is 0. The molecule has 2 N–H and O–H groups in total. The lowest BCUT2D eigenvalue weighted by atomic mass is 10.5. The largest absolute Gasteiger partial charge is 0.367 e. The summed E-state index contributed by atoms with van der Waals surface area (Å²) in [5.41, 5.74) is 6.29. The Morgan fingerprint density at radius 2 is 2.40 bits per heavy atom. The molecule has 0 saturated carbocycles. The Morgan fingerprint density at radius 3 is 3.30 bits per heavy atom. The number of anilines is 1. The van der Waals surface area contributed by atoms with Gasteiger partial charge in [-0.1, -0.05) is 0 Å². The molecular formula is C6H6N4. The second kappa shape index (κ2) is 1.70. The lowest BCUT2D eigenvalue weighted by Crippen LogP contribution is -1.98. The van der Waals surface area contributed by atoms with Crippen molar-refractivity contribution >= 4 is 11.5 Å². The van der Waals surface area contributed by atoms with Crippen LogP contribution in [0.15, 0.2) is 24.5 Å². The predicted molar refractivity (Wildman–Crippen MR) is 37.4 cm³/mol. The minimum atomic E-state index is 0.295. The minimum absolute atomic E-state index is 0.295.